The number of nitrogens with zero attached hydrogens (tertiary/aromatic N) is 1. The van der Waals surface area contributed by atoms with Crippen molar-refractivity contribution in [3.05, 3.63) is 124 Å². The molecule has 0 aromatic heterocycles. The Hall–Kier alpha value is -3.18. The molecule has 5 aromatic rings. The highest BCUT2D eigenvalue weighted by Crippen LogP contribution is 2.49. The summed E-state index contributed by atoms with van der Waals surface area (Å²) in [5, 5.41) is 17.5. The molecule has 4 heteroatoms. The summed E-state index contributed by atoms with van der Waals surface area (Å²) in [7, 11) is 5.83. The van der Waals surface area contributed by atoms with Crippen LogP contribution in [0.2, 0.25) is 0 Å². The monoisotopic (exact) mass is 567 g/mol. The molecule has 0 saturated heterocycles. The van der Waals surface area contributed by atoms with Crippen molar-refractivity contribution in [2.75, 3.05) is 27.7 Å². The maximum Gasteiger partial charge on any atom is 0.123 e. The van der Waals surface area contributed by atoms with E-state index in [0.717, 1.165) is 60.6 Å². The first-order chi connectivity index (χ1) is 18.3. The topological polar surface area (TPSA) is 32.7 Å². The van der Waals surface area contributed by atoms with Gasteiger partial charge in [0.05, 0.1) is 7.11 Å². The maximum atomic E-state index is 13.1. The summed E-state index contributed by atoms with van der Waals surface area (Å²) >= 11 is 3.64. The van der Waals surface area contributed by atoms with Gasteiger partial charge in [-0.05, 0) is 84.4 Å². The lowest BCUT2D eigenvalue weighted by molar-refractivity contribution is 0.00533. The fraction of sp³-hybridized carbons (Fsp3) is 0.235. The van der Waals surface area contributed by atoms with Gasteiger partial charge in [-0.2, -0.15) is 0 Å². The summed E-state index contributed by atoms with van der Waals surface area (Å²) in [4.78, 5) is 2.14. The molecule has 0 fully saturated rings. The van der Waals surface area contributed by atoms with E-state index in [4.69, 9.17) is 4.74 Å². The molecule has 0 heterocycles. The van der Waals surface area contributed by atoms with E-state index in [9.17, 15) is 5.11 Å². The highest BCUT2D eigenvalue weighted by molar-refractivity contribution is 9.10. The molecule has 0 aliphatic heterocycles. The quantitative estimate of drug-likeness (QED) is 0.206. The minimum atomic E-state index is -1.22. The highest BCUT2D eigenvalue weighted by Gasteiger charge is 2.42. The zero-order chi connectivity index (χ0) is 26.9. The molecule has 5 aromatic carbocycles. The smallest absolute Gasteiger partial charge is 0.123 e. The van der Waals surface area contributed by atoms with Gasteiger partial charge in [0, 0.05) is 22.5 Å². The van der Waals surface area contributed by atoms with Crippen LogP contribution in [0.15, 0.2) is 102 Å². The van der Waals surface area contributed by atoms with Crippen molar-refractivity contribution in [3.63, 3.8) is 0 Å². The van der Waals surface area contributed by atoms with Crippen molar-refractivity contribution in [1.29, 1.82) is 0 Å². The molecule has 0 bridgehead atoms. The largest absolute Gasteiger partial charge is 0.496 e. The van der Waals surface area contributed by atoms with Crippen LogP contribution in [0.3, 0.4) is 0 Å². The average molecular weight is 569 g/mol. The van der Waals surface area contributed by atoms with Gasteiger partial charge in [-0.15, -0.1) is 0 Å². The molecule has 194 valence electrons. The predicted molar refractivity (Wildman–Crippen MR) is 162 cm³/mol. The van der Waals surface area contributed by atoms with Crippen molar-refractivity contribution in [2.45, 2.75) is 24.9 Å². The second-order valence-corrected chi connectivity index (χ2v) is 11.4. The number of hydrogen-bond donors (Lipinski definition) is 1. The van der Waals surface area contributed by atoms with E-state index < -0.39 is 5.60 Å². The Morgan fingerprint density at radius 3 is 2.37 bits per heavy atom. The Bertz CT molecular complexity index is 1590. The first-order valence-electron chi connectivity index (χ1n) is 13.0. The van der Waals surface area contributed by atoms with Crippen LogP contribution in [0.4, 0.5) is 0 Å². The molecular weight excluding hydrogens is 534 g/mol. The Morgan fingerprint density at radius 2 is 1.61 bits per heavy atom. The van der Waals surface area contributed by atoms with Crippen molar-refractivity contribution < 1.29 is 9.84 Å². The van der Waals surface area contributed by atoms with Crippen molar-refractivity contribution in [3.8, 4) is 5.75 Å². The molecule has 0 aliphatic rings. The molecule has 0 radical (unpaired) electrons. The third-order valence-electron chi connectivity index (χ3n) is 7.51. The molecule has 1 N–H and O–H groups in total. The molecule has 2 atom stereocenters. The van der Waals surface area contributed by atoms with E-state index in [1.54, 1.807) is 7.11 Å². The summed E-state index contributed by atoms with van der Waals surface area (Å²) in [6.07, 6.45) is 0.548. The first kappa shape index (κ1) is 26.4. The predicted octanol–water partition coefficient (Wildman–Crippen LogP) is 8.04. The van der Waals surface area contributed by atoms with Crippen LogP contribution in [0.25, 0.3) is 21.5 Å². The van der Waals surface area contributed by atoms with E-state index in [0.29, 0.717) is 6.42 Å². The van der Waals surface area contributed by atoms with Crippen LogP contribution in [0.5, 0.6) is 5.75 Å². The minimum Gasteiger partial charge on any atom is -0.496 e. The summed E-state index contributed by atoms with van der Waals surface area (Å²) in [6, 6.07) is 33.6. The van der Waals surface area contributed by atoms with Crippen molar-refractivity contribution in [1.82, 2.24) is 4.90 Å². The summed E-state index contributed by atoms with van der Waals surface area (Å²) in [6.45, 7) is 2.83. The Balaban J connectivity index is 1.86. The van der Waals surface area contributed by atoms with Crippen LogP contribution >= 0.6 is 15.9 Å². The van der Waals surface area contributed by atoms with Gasteiger partial charge in [0.25, 0.3) is 0 Å². The number of aliphatic hydroxyl groups is 1. The van der Waals surface area contributed by atoms with Crippen LogP contribution in [-0.2, 0) is 5.60 Å². The summed E-state index contributed by atoms with van der Waals surface area (Å²) in [5.74, 6) is 0.404. The summed E-state index contributed by atoms with van der Waals surface area (Å²) in [5.41, 5.74) is 2.90. The van der Waals surface area contributed by atoms with Crippen molar-refractivity contribution in [2.24, 2.45) is 0 Å². The highest BCUT2D eigenvalue weighted by atomic mass is 79.9. The number of hydrogen-bond acceptors (Lipinski definition) is 3. The second kappa shape index (κ2) is 10.9. The lowest BCUT2D eigenvalue weighted by Crippen LogP contribution is -2.38. The van der Waals surface area contributed by atoms with Crippen LogP contribution < -0.4 is 4.74 Å². The first-order valence-corrected chi connectivity index (χ1v) is 13.8. The van der Waals surface area contributed by atoms with Gasteiger partial charge < -0.3 is 14.7 Å². The number of ether oxygens (including phenoxy) is 1. The lowest BCUT2D eigenvalue weighted by atomic mass is 9.70. The number of aryl methyl sites for hydroxylation is 1. The SMILES string of the molecule is COc1cc2ccc(Br)cc2cc1[C@@H](c1cccc(C)c1)[C@](O)(CCN(C)C)c1cccc2ccccc12. The van der Waals surface area contributed by atoms with Crippen molar-refractivity contribution >= 4 is 37.5 Å². The van der Waals surface area contributed by atoms with Gasteiger partial charge in [0.1, 0.15) is 11.4 Å². The van der Waals surface area contributed by atoms with Crippen LogP contribution in [0.1, 0.15) is 34.6 Å². The zero-order valence-electron chi connectivity index (χ0n) is 22.4. The van der Waals surface area contributed by atoms with Crippen LogP contribution in [0, 0.1) is 6.92 Å². The minimum absolute atomic E-state index is 0.369. The number of benzene rings is 5. The third kappa shape index (κ3) is 5.09. The van der Waals surface area contributed by atoms with Gasteiger partial charge in [-0.3, -0.25) is 0 Å². The lowest BCUT2D eigenvalue weighted by Gasteiger charge is -2.40. The normalized spacial score (nSPS) is 14.1. The van der Waals surface area contributed by atoms with Gasteiger partial charge in [0.2, 0.25) is 0 Å². The van der Waals surface area contributed by atoms with E-state index >= 15 is 0 Å². The van der Waals surface area contributed by atoms with Gasteiger partial charge in [0.15, 0.2) is 0 Å². The zero-order valence-corrected chi connectivity index (χ0v) is 24.0. The fourth-order valence-corrected chi connectivity index (χ4v) is 6.04. The number of rotatable bonds is 8. The second-order valence-electron chi connectivity index (χ2n) is 10.4. The van der Waals surface area contributed by atoms with Crippen LogP contribution in [-0.4, -0.2) is 37.8 Å². The van der Waals surface area contributed by atoms with E-state index in [1.165, 1.54) is 0 Å². The van der Waals surface area contributed by atoms with E-state index in [-0.39, 0.29) is 5.92 Å². The Morgan fingerprint density at radius 1 is 0.842 bits per heavy atom. The molecule has 3 nitrogen and oxygen atoms in total. The van der Waals surface area contributed by atoms with E-state index in [2.05, 4.69) is 121 Å². The number of halogens is 1. The van der Waals surface area contributed by atoms with E-state index in [1.807, 2.05) is 18.2 Å². The van der Waals surface area contributed by atoms with Gasteiger partial charge in [-0.25, -0.2) is 0 Å². The van der Waals surface area contributed by atoms with Gasteiger partial charge in [-0.1, -0.05) is 94.3 Å². The molecule has 0 amide bonds. The third-order valence-corrected chi connectivity index (χ3v) is 8.00. The standard InChI is InChI=1S/C34H34BrNO2/c1-23-9-7-12-26(19-23)33(30-21-27-20-28(35)16-15-25(27)22-32(30)38-4)34(37,17-18-36(2)3)31-14-8-11-24-10-5-6-13-29(24)31/h5-16,19-22,33,37H,17-18H2,1-4H3/t33-,34+/m1/s1. The molecule has 0 spiro atoms. The molecule has 5 rings (SSSR count). The molecule has 38 heavy (non-hydrogen) atoms. The molecule has 0 saturated carbocycles. The average Bonchev–Trinajstić information content (AvgIpc) is 2.91. The Kier molecular flexibility index (Phi) is 7.58. The number of fused-ring (bicyclic) bond motifs is 2. The Labute approximate surface area is 233 Å². The fourth-order valence-electron chi connectivity index (χ4n) is 5.66. The molecule has 0 unspecified atom stereocenters. The van der Waals surface area contributed by atoms with Gasteiger partial charge >= 0.3 is 0 Å². The maximum absolute atomic E-state index is 13.1. The number of methoxy groups -OCH3 is 1. The molecule has 0 aliphatic carbocycles. The molecular formula is C34H34BrNO2. The summed E-state index contributed by atoms with van der Waals surface area (Å²) < 4.78 is 7.05.